The number of carbonyl (C=O) groups is 1. The summed E-state index contributed by atoms with van der Waals surface area (Å²) in [5.41, 5.74) is 2.55. The number of nitrogens with one attached hydrogen (secondary N) is 1. The molecular formula is C30H32F3N3O3. The molecule has 0 aromatic heterocycles. The van der Waals surface area contributed by atoms with Gasteiger partial charge in [0.05, 0.1) is 37.4 Å². The molecule has 0 saturated carbocycles. The Labute approximate surface area is 226 Å². The molecule has 0 unspecified atom stereocenters. The third-order valence-electron chi connectivity index (χ3n) is 7.69. The zero-order chi connectivity index (χ0) is 27.6. The van der Waals surface area contributed by atoms with Crippen molar-refractivity contribution in [3.05, 3.63) is 83.4 Å². The van der Waals surface area contributed by atoms with Crippen molar-refractivity contribution in [1.82, 2.24) is 5.32 Å². The van der Waals surface area contributed by atoms with Crippen molar-refractivity contribution in [2.45, 2.75) is 25.1 Å². The van der Waals surface area contributed by atoms with Crippen molar-refractivity contribution in [3.63, 3.8) is 0 Å². The second kappa shape index (κ2) is 11.1. The Hall–Kier alpha value is -3.88. The van der Waals surface area contributed by atoms with Gasteiger partial charge in [-0.1, -0.05) is 30.3 Å². The van der Waals surface area contributed by atoms with Crippen LogP contribution in [0.1, 0.15) is 16.7 Å². The van der Waals surface area contributed by atoms with Crippen molar-refractivity contribution in [2.75, 3.05) is 50.2 Å². The molecule has 2 aliphatic rings. The summed E-state index contributed by atoms with van der Waals surface area (Å²) < 4.78 is 51.6. The number of ether oxygens (including phenoxy) is 2. The topological polar surface area (TPSA) is 54.0 Å². The summed E-state index contributed by atoms with van der Waals surface area (Å²) in [7, 11) is 3.24. The summed E-state index contributed by atoms with van der Waals surface area (Å²) in [5, 5.41) is 3.05. The molecular weight excluding hydrogens is 507 g/mol. The van der Waals surface area contributed by atoms with E-state index in [2.05, 4.69) is 15.1 Å². The number of para-hydroxylation sites is 3. The van der Waals surface area contributed by atoms with Crippen LogP contribution in [0.2, 0.25) is 0 Å². The lowest BCUT2D eigenvalue weighted by Crippen LogP contribution is -2.61. The number of rotatable bonds is 7. The molecule has 1 saturated heterocycles. The van der Waals surface area contributed by atoms with E-state index in [-0.39, 0.29) is 18.4 Å². The van der Waals surface area contributed by atoms with E-state index >= 15 is 0 Å². The number of hydrogen-bond acceptors (Lipinski definition) is 5. The standard InChI is InChI=1S/C30H32F3N3O3/c1-38-27-9-5-3-7-20(27)13-14-34-29(37)23-18-21-17-22(30(31,32)33)11-12-24(21)36-16-15-35(19-26(23)36)25-8-4-6-10-28(25)39-2/h3-12,17,23,26H,13-16,18-19H2,1-2H3,(H,34,37)/t23-,26-/m0/s1. The van der Waals surface area contributed by atoms with Crippen LogP contribution >= 0.6 is 0 Å². The fourth-order valence-corrected chi connectivity index (χ4v) is 5.77. The van der Waals surface area contributed by atoms with E-state index in [1.165, 1.54) is 6.07 Å². The van der Waals surface area contributed by atoms with Gasteiger partial charge in [-0.25, -0.2) is 0 Å². The fourth-order valence-electron chi connectivity index (χ4n) is 5.77. The van der Waals surface area contributed by atoms with Crippen molar-refractivity contribution in [3.8, 4) is 11.5 Å². The zero-order valence-corrected chi connectivity index (χ0v) is 22.0. The highest BCUT2D eigenvalue weighted by atomic mass is 19.4. The van der Waals surface area contributed by atoms with Gasteiger partial charge in [0.25, 0.3) is 0 Å². The van der Waals surface area contributed by atoms with Crippen molar-refractivity contribution < 1.29 is 27.4 Å². The molecule has 9 heteroatoms. The maximum absolute atomic E-state index is 13.6. The van der Waals surface area contributed by atoms with Gasteiger partial charge in [-0.2, -0.15) is 13.2 Å². The first-order chi connectivity index (χ1) is 18.8. The molecule has 39 heavy (non-hydrogen) atoms. The molecule has 1 N–H and O–H groups in total. The summed E-state index contributed by atoms with van der Waals surface area (Å²) in [6.07, 6.45) is -3.62. The maximum Gasteiger partial charge on any atom is 0.416 e. The molecule has 2 aliphatic heterocycles. The van der Waals surface area contributed by atoms with E-state index in [4.69, 9.17) is 9.47 Å². The second-order valence-corrected chi connectivity index (χ2v) is 9.88. The van der Waals surface area contributed by atoms with E-state index in [0.717, 1.165) is 34.5 Å². The number of halogens is 3. The predicted octanol–water partition coefficient (Wildman–Crippen LogP) is 4.95. The molecule has 206 valence electrons. The van der Waals surface area contributed by atoms with Gasteiger partial charge in [-0.05, 0) is 60.4 Å². The van der Waals surface area contributed by atoms with E-state index < -0.39 is 17.7 Å². The van der Waals surface area contributed by atoms with Crippen LogP contribution in [0.3, 0.4) is 0 Å². The molecule has 6 nitrogen and oxygen atoms in total. The lowest BCUT2D eigenvalue weighted by molar-refractivity contribution is -0.137. The average Bonchev–Trinajstić information content (AvgIpc) is 2.95. The monoisotopic (exact) mass is 539 g/mol. The number of fused-ring (bicyclic) bond motifs is 3. The van der Waals surface area contributed by atoms with Crippen LogP contribution in [0.25, 0.3) is 0 Å². The summed E-state index contributed by atoms with van der Waals surface area (Å²) in [6, 6.07) is 19.1. The van der Waals surface area contributed by atoms with Gasteiger partial charge in [-0.15, -0.1) is 0 Å². The number of alkyl halides is 3. The Morgan fingerprint density at radius 1 is 0.949 bits per heavy atom. The van der Waals surface area contributed by atoms with Crippen molar-refractivity contribution in [2.24, 2.45) is 5.92 Å². The molecule has 2 heterocycles. The summed E-state index contributed by atoms with van der Waals surface area (Å²) in [6.45, 7) is 2.17. The van der Waals surface area contributed by atoms with E-state index in [0.29, 0.717) is 38.2 Å². The molecule has 3 aromatic rings. The number of piperazine rings is 1. The minimum absolute atomic E-state index is 0.162. The summed E-state index contributed by atoms with van der Waals surface area (Å²) >= 11 is 0. The van der Waals surface area contributed by atoms with Crippen LogP contribution in [0.5, 0.6) is 11.5 Å². The summed E-state index contributed by atoms with van der Waals surface area (Å²) in [5.74, 6) is 0.819. The molecule has 0 radical (unpaired) electrons. The number of nitrogens with zero attached hydrogens (tertiary/aromatic N) is 2. The largest absolute Gasteiger partial charge is 0.496 e. The van der Waals surface area contributed by atoms with Crippen LogP contribution < -0.4 is 24.6 Å². The number of carbonyl (C=O) groups excluding carboxylic acids is 1. The fraction of sp³-hybridized carbons (Fsp3) is 0.367. The van der Waals surface area contributed by atoms with E-state index in [9.17, 15) is 18.0 Å². The SMILES string of the molecule is COc1ccccc1CCNC(=O)[C@H]1Cc2cc(C(F)(F)F)ccc2N2CCN(c3ccccc3OC)C[C@@H]12. The molecule has 0 bridgehead atoms. The number of methoxy groups -OCH3 is 2. The van der Waals surface area contributed by atoms with Gasteiger partial charge >= 0.3 is 6.18 Å². The Balaban J connectivity index is 1.41. The number of amides is 1. The second-order valence-electron chi connectivity index (χ2n) is 9.88. The smallest absolute Gasteiger partial charge is 0.416 e. The Bertz CT molecular complexity index is 1330. The third kappa shape index (κ3) is 5.48. The van der Waals surface area contributed by atoms with E-state index in [1.807, 2.05) is 48.5 Å². The van der Waals surface area contributed by atoms with Crippen LogP contribution in [0, 0.1) is 5.92 Å². The van der Waals surface area contributed by atoms with Crippen LogP contribution in [0.4, 0.5) is 24.5 Å². The minimum atomic E-state index is -4.44. The first-order valence-corrected chi connectivity index (χ1v) is 13.0. The highest BCUT2D eigenvalue weighted by Gasteiger charge is 2.43. The van der Waals surface area contributed by atoms with Gasteiger partial charge in [0.2, 0.25) is 5.91 Å². The molecule has 5 rings (SSSR count). The normalized spacial score (nSPS) is 18.7. The minimum Gasteiger partial charge on any atom is -0.496 e. The number of benzene rings is 3. The van der Waals surface area contributed by atoms with Crippen LogP contribution in [0.15, 0.2) is 66.7 Å². The van der Waals surface area contributed by atoms with E-state index in [1.54, 1.807) is 20.3 Å². The Kier molecular flexibility index (Phi) is 7.59. The van der Waals surface area contributed by atoms with Gasteiger partial charge < -0.3 is 24.6 Å². The number of anilines is 2. The zero-order valence-electron chi connectivity index (χ0n) is 22.0. The average molecular weight is 540 g/mol. The van der Waals surface area contributed by atoms with Crippen LogP contribution in [-0.2, 0) is 23.8 Å². The van der Waals surface area contributed by atoms with Crippen molar-refractivity contribution in [1.29, 1.82) is 0 Å². The number of hydrogen-bond donors (Lipinski definition) is 1. The first-order valence-electron chi connectivity index (χ1n) is 13.0. The molecule has 1 fully saturated rings. The lowest BCUT2D eigenvalue weighted by atomic mass is 9.82. The Morgan fingerprint density at radius 2 is 1.67 bits per heavy atom. The lowest BCUT2D eigenvalue weighted by Gasteiger charge is -2.49. The maximum atomic E-state index is 13.6. The highest BCUT2D eigenvalue weighted by molar-refractivity contribution is 5.82. The summed E-state index contributed by atoms with van der Waals surface area (Å²) in [4.78, 5) is 17.9. The molecule has 1 amide bonds. The highest BCUT2D eigenvalue weighted by Crippen LogP contribution is 2.41. The first kappa shape index (κ1) is 26.7. The van der Waals surface area contributed by atoms with Crippen LogP contribution in [-0.4, -0.2) is 52.3 Å². The van der Waals surface area contributed by atoms with Gasteiger partial charge in [-0.3, -0.25) is 4.79 Å². The molecule has 0 aliphatic carbocycles. The molecule has 0 spiro atoms. The predicted molar refractivity (Wildman–Crippen MR) is 145 cm³/mol. The van der Waals surface area contributed by atoms with Gasteiger partial charge in [0.15, 0.2) is 0 Å². The molecule has 3 aromatic carbocycles. The molecule has 2 atom stereocenters. The third-order valence-corrected chi connectivity index (χ3v) is 7.69. The van der Waals surface area contributed by atoms with Gasteiger partial charge in [0, 0.05) is 31.9 Å². The Morgan fingerprint density at radius 3 is 2.41 bits per heavy atom. The quantitative estimate of drug-likeness (QED) is 0.461. The van der Waals surface area contributed by atoms with Crippen molar-refractivity contribution >= 4 is 17.3 Å². The van der Waals surface area contributed by atoms with Gasteiger partial charge in [0.1, 0.15) is 11.5 Å².